The van der Waals surface area contributed by atoms with E-state index in [4.69, 9.17) is 0 Å². The van der Waals surface area contributed by atoms with Crippen molar-refractivity contribution in [2.24, 2.45) is 0 Å². The minimum absolute atomic E-state index is 0.519. The lowest BCUT2D eigenvalue weighted by molar-refractivity contribution is 0.863. The minimum atomic E-state index is 0.519. The van der Waals surface area contributed by atoms with E-state index in [1.807, 2.05) is 18.0 Å². The molecule has 118 valence electrons. The minimum Gasteiger partial charge on any atom is -0.248 e. The van der Waals surface area contributed by atoms with Gasteiger partial charge in [-0.1, -0.05) is 68.9 Å². The Morgan fingerprint density at radius 1 is 1.04 bits per heavy atom. The van der Waals surface area contributed by atoms with Crippen molar-refractivity contribution in [3.8, 4) is 11.1 Å². The van der Waals surface area contributed by atoms with Crippen LogP contribution in [0.5, 0.6) is 0 Å². The van der Waals surface area contributed by atoms with Gasteiger partial charge in [0.25, 0.3) is 0 Å². The average molecular weight is 340 g/mol. The summed E-state index contributed by atoms with van der Waals surface area (Å²) in [6.45, 7) is 6.65. The summed E-state index contributed by atoms with van der Waals surface area (Å²) in [5.41, 5.74) is 3.95. The molecule has 0 bridgehead atoms. The van der Waals surface area contributed by atoms with Gasteiger partial charge >= 0.3 is 0 Å². The van der Waals surface area contributed by atoms with Gasteiger partial charge in [0.2, 0.25) is 0 Å². The number of nitrogens with zero attached hydrogens (tertiary/aromatic N) is 1. The van der Waals surface area contributed by atoms with Crippen LogP contribution in [0.2, 0.25) is 0 Å². The Bertz CT molecular complexity index is 775. The lowest BCUT2D eigenvalue weighted by Gasteiger charge is -2.12. The largest absolute Gasteiger partial charge is 0.248 e. The van der Waals surface area contributed by atoms with Crippen LogP contribution >= 0.6 is 23.1 Å². The molecule has 0 aliphatic heterocycles. The van der Waals surface area contributed by atoms with E-state index in [9.17, 15) is 0 Å². The van der Waals surface area contributed by atoms with E-state index in [1.54, 1.807) is 11.3 Å². The first-order valence-electron chi connectivity index (χ1n) is 7.98. The van der Waals surface area contributed by atoms with Gasteiger partial charge < -0.3 is 0 Å². The number of hydrogen-bond donors (Lipinski definition) is 0. The molecular formula is C20H21NS2. The molecule has 0 saturated carbocycles. The van der Waals surface area contributed by atoms with Gasteiger partial charge in [-0.15, -0.1) is 11.3 Å². The van der Waals surface area contributed by atoms with E-state index in [0.717, 1.165) is 6.42 Å². The molecule has 0 radical (unpaired) electrons. The topological polar surface area (TPSA) is 12.9 Å². The Balaban J connectivity index is 1.97. The molecule has 0 spiro atoms. The van der Waals surface area contributed by atoms with Gasteiger partial charge in [0.1, 0.15) is 0 Å². The molecule has 0 saturated heterocycles. The average Bonchev–Trinajstić information content (AvgIpc) is 3.03. The molecule has 23 heavy (non-hydrogen) atoms. The zero-order chi connectivity index (χ0) is 16.2. The summed E-state index contributed by atoms with van der Waals surface area (Å²) in [6.07, 6.45) is 3.00. The smallest absolute Gasteiger partial charge is 0.0934 e. The molecule has 0 fully saturated rings. The van der Waals surface area contributed by atoms with Crippen LogP contribution in [0, 0.1) is 0 Å². The molecular weight excluding hydrogens is 318 g/mol. The summed E-state index contributed by atoms with van der Waals surface area (Å²) in [5.74, 6) is 0.519. The van der Waals surface area contributed by atoms with Crippen molar-refractivity contribution in [2.45, 2.75) is 42.2 Å². The highest BCUT2D eigenvalue weighted by molar-refractivity contribution is 8.01. The second-order valence-electron chi connectivity index (χ2n) is 5.84. The molecule has 3 heteroatoms. The van der Waals surface area contributed by atoms with Crippen LogP contribution < -0.4 is 0 Å². The first kappa shape index (κ1) is 16.3. The van der Waals surface area contributed by atoms with E-state index >= 15 is 0 Å². The lowest BCUT2D eigenvalue weighted by Crippen LogP contribution is -1.90. The van der Waals surface area contributed by atoms with Crippen molar-refractivity contribution in [3.05, 3.63) is 65.3 Å². The van der Waals surface area contributed by atoms with Crippen LogP contribution in [0.25, 0.3) is 11.1 Å². The molecule has 0 unspecified atom stereocenters. The summed E-state index contributed by atoms with van der Waals surface area (Å²) in [5, 5.41) is 1.20. The first-order chi connectivity index (χ1) is 11.2. The number of aromatic nitrogens is 1. The quantitative estimate of drug-likeness (QED) is 0.516. The third kappa shape index (κ3) is 4.04. The maximum absolute atomic E-state index is 4.47. The van der Waals surface area contributed by atoms with E-state index < -0.39 is 0 Å². The number of rotatable bonds is 5. The third-order valence-electron chi connectivity index (χ3n) is 3.76. The summed E-state index contributed by atoms with van der Waals surface area (Å²) >= 11 is 3.62. The van der Waals surface area contributed by atoms with E-state index in [0.29, 0.717) is 5.92 Å². The molecule has 0 amide bonds. The predicted molar refractivity (Wildman–Crippen MR) is 102 cm³/mol. The second kappa shape index (κ2) is 7.33. The fraction of sp³-hybridized carbons (Fsp3) is 0.250. The molecule has 3 rings (SSSR count). The van der Waals surface area contributed by atoms with Gasteiger partial charge in [0, 0.05) is 4.90 Å². The SMILES string of the molecule is CCc1ncc(Sc2cc(-c3ccccc3)cc(C(C)C)c2)s1. The van der Waals surface area contributed by atoms with Crippen LogP contribution in [-0.4, -0.2) is 4.98 Å². The zero-order valence-electron chi connectivity index (χ0n) is 13.7. The van der Waals surface area contributed by atoms with Crippen molar-refractivity contribution in [1.82, 2.24) is 4.98 Å². The Kier molecular flexibility index (Phi) is 5.19. The van der Waals surface area contributed by atoms with Crippen LogP contribution in [0.1, 0.15) is 37.3 Å². The van der Waals surface area contributed by atoms with Crippen LogP contribution in [0.3, 0.4) is 0 Å². The highest BCUT2D eigenvalue weighted by Gasteiger charge is 2.09. The highest BCUT2D eigenvalue weighted by Crippen LogP contribution is 2.36. The Labute approximate surface area is 146 Å². The second-order valence-corrected chi connectivity index (χ2v) is 8.33. The number of hydrogen-bond acceptors (Lipinski definition) is 3. The Hall–Kier alpha value is -1.58. The maximum Gasteiger partial charge on any atom is 0.0934 e. The summed E-state index contributed by atoms with van der Waals surface area (Å²) in [6, 6.07) is 17.5. The summed E-state index contributed by atoms with van der Waals surface area (Å²) in [4.78, 5) is 5.76. The molecule has 0 N–H and O–H groups in total. The molecule has 1 aromatic heterocycles. The fourth-order valence-corrected chi connectivity index (χ4v) is 4.48. The fourth-order valence-electron chi connectivity index (χ4n) is 2.43. The molecule has 1 nitrogen and oxygen atoms in total. The molecule has 1 heterocycles. The van der Waals surface area contributed by atoms with E-state index in [1.165, 1.54) is 30.8 Å². The maximum atomic E-state index is 4.47. The first-order valence-corrected chi connectivity index (χ1v) is 9.62. The van der Waals surface area contributed by atoms with Gasteiger partial charge in [0.15, 0.2) is 0 Å². The van der Waals surface area contributed by atoms with Gasteiger partial charge in [-0.05, 0) is 41.2 Å². The van der Waals surface area contributed by atoms with Crippen molar-refractivity contribution in [1.29, 1.82) is 0 Å². The third-order valence-corrected chi connectivity index (χ3v) is 5.97. The van der Waals surface area contributed by atoms with Crippen LogP contribution in [0.15, 0.2) is 63.8 Å². The van der Waals surface area contributed by atoms with Gasteiger partial charge in [0.05, 0.1) is 15.4 Å². The van der Waals surface area contributed by atoms with Gasteiger partial charge in [-0.25, -0.2) is 4.98 Å². The monoisotopic (exact) mass is 339 g/mol. The standard InChI is InChI=1S/C20H21NS2/c1-4-19-21-13-20(23-19)22-18-11-16(14(2)3)10-17(12-18)15-8-6-5-7-9-15/h5-14H,4H2,1-3H3. The zero-order valence-corrected chi connectivity index (χ0v) is 15.4. The molecule has 2 aromatic carbocycles. The van der Waals surface area contributed by atoms with Gasteiger partial charge in [-0.3, -0.25) is 0 Å². The lowest BCUT2D eigenvalue weighted by atomic mass is 9.97. The molecule has 3 aromatic rings. The number of benzene rings is 2. The number of thiazole rings is 1. The van der Waals surface area contributed by atoms with E-state index in [2.05, 4.69) is 74.3 Å². The number of aryl methyl sites for hydroxylation is 1. The van der Waals surface area contributed by atoms with Crippen LogP contribution in [0.4, 0.5) is 0 Å². The predicted octanol–water partition coefficient (Wildman–Crippen LogP) is 6.65. The van der Waals surface area contributed by atoms with E-state index in [-0.39, 0.29) is 0 Å². The molecule has 0 aliphatic rings. The Morgan fingerprint density at radius 2 is 1.83 bits per heavy atom. The molecule has 0 aliphatic carbocycles. The summed E-state index contributed by atoms with van der Waals surface area (Å²) < 4.78 is 1.27. The van der Waals surface area contributed by atoms with Crippen molar-refractivity contribution in [3.63, 3.8) is 0 Å². The summed E-state index contributed by atoms with van der Waals surface area (Å²) in [7, 11) is 0. The van der Waals surface area contributed by atoms with Crippen molar-refractivity contribution >= 4 is 23.1 Å². The normalized spacial score (nSPS) is 11.1. The highest BCUT2D eigenvalue weighted by atomic mass is 32.2. The Morgan fingerprint density at radius 3 is 2.48 bits per heavy atom. The molecule has 0 atom stereocenters. The van der Waals surface area contributed by atoms with Gasteiger partial charge in [-0.2, -0.15) is 0 Å². The van der Waals surface area contributed by atoms with Crippen molar-refractivity contribution in [2.75, 3.05) is 0 Å². The van der Waals surface area contributed by atoms with Crippen molar-refractivity contribution < 1.29 is 0 Å². The van der Waals surface area contributed by atoms with Crippen LogP contribution in [-0.2, 0) is 6.42 Å².